The molecule has 10 nitrogen and oxygen atoms in total. The van der Waals surface area contributed by atoms with Gasteiger partial charge in [-0.05, 0) is 74.2 Å². The van der Waals surface area contributed by atoms with E-state index < -0.39 is 23.9 Å². The van der Waals surface area contributed by atoms with E-state index in [1.165, 1.54) is 6.42 Å². The van der Waals surface area contributed by atoms with Crippen LogP contribution in [-0.2, 0) is 32.1 Å². The molecule has 230 valence electrons. The quantitative estimate of drug-likeness (QED) is 0.401. The number of amides is 4. The van der Waals surface area contributed by atoms with Gasteiger partial charge < -0.3 is 26.2 Å². The first kappa shape index (κ1) is 31.0. The molecule has 43 heavy (non-hydrogen) atoms. The van der Waals surface area contributed by atoms with Gasteiger partial charge in [-0.25, -0.2) is 0 Å². The fourth-order valence-corrected chi connectivity index (χ4v) is 6.53. The standard InChI is InChI=1S/C32H41ClN6O4/c1-21-17-24(8-9-26(21)33)35-31(42)27(12-13-34)36-32(43)28-18-22-5-2-3-6-23(22)19-39(28)30(41)11-10-29(40)38-16-15-37-14-4-7-25(37)20-38/h2-3,5-6,8-9,17,25,27-28H,4,7,10-16,18-20,34H2,1H3,(H,35,42)(H,36,43)/t25-,27+,28+/m1/s1. The summed E-state index contributed by atoms with van der Waals surface area (Å²) >= 11 is 6.12. The molecule has 2 aromatic rings. The van der Waals surface area contributed by atoms with E-state index in [9.17, 15) is 19.2 Å². The van der Waals surface area contributed by atoms with Crippen LogP contribution in [0.15, 0.2) is 42.5 Å². The maximum Gasteiger partial charge on any atom is 0.246 e. The third kappa shape index (κ3) is 7.37. The van der Waals surface area contributed by atoms with E-state index in [2.05, 4.69) is 15.5 Å². The van der Waals surface area contributed by atoms with Crippen LogP contribution in [0, 0.1) is 6.92 Å². The van der Waals surface area contributed by atoms with Crippen LogP contribution in [0.1, 0.15) is 48.8 Å². The van der Waals surface area contributed by atoms with Gasteiger partial charge in [0.1, 0.15) is 12.1 Å². The van der Waals surface area contributed by atoms with Gasteiger partial charge in [0.2, 0.25) is 23.6 Å². The van der Waals surface area contributed by atoms with Crippen LogP contribution >= 0.6 is 11.6 Å². The number of carbonyl (C=O) groups excluding carboxylic acids is 4. The summed E-state index contributed by atoms with van der Waals surface area (Å²) in [6, 6.07) is 11.6. The number of anilines is 1. The van der Waals surface area contributed by atoms with Crippen molar-refractivity contribution < 1.29 is 19.2 Å². The Morgan fingerprint density at radius 2 is 1.79 bits per heavy atom. The molecule has 2 fully saturated rings. The van der Waals surface area contributed by atoms with Crippen LogP contribution in [0.5, 0.6) is 0 Å². The van der Waals surface area contributed by atoms with Crippen molar-refractivity contribution >= 4 is 40.9 Å². The van der Waals surface area contributed by atoms with Gasteiger partial charge in [-0.3, -0.25) is 24.1 Å². The van der Waals surface area contributed by atoms with Crippen LogP contribution in [0.25, 0.3) is 0 Å². The number of fused-ring (bicyclic) bond motifs is 2. The van der Waals surface area contributed by atoms with Gasteiger partial charge in [0.25, 0.3) is 0 Å². The summed E-state index contributed by atoms with van der Waals surface area (Å²) in [5.41, 5.74) is 9.13. The summed E-state index contributed by atoms with van der Waals surface area (Å²) < 4.78 is 0. The second-order valence-corrected chi connectivity index (χ2v) is 12.2. The Bertz CT molecular complexity index is 1370. The molecule has 0 radical (unpaired) electrons. The van der Waals surface area contributed by atoms with Crippen molar-refractivity contribution in [3.05, 3.63) is 64.2 Å². The van der Waals surface area contributed by atoms with Gasteiger partial charge in [-0.2, -0.15) is 0 Å². The number of benzene rings is 2. The van der Waals surface area contributed by atoms with Gasteiger partial charge in [0.15, 0.2) is 0 Å². The summed E-state index contributed by atoms with van der Waals surface area (Å²) in [6.07, 6.45) is 2.95. The molecule has 0 saturated carbocycles. The zero-order chi connectivity index (χ0) is 30.5. The number of aryl methyl sites for hydroxylation is 1. The fourth-order valence-electron chi connectivity index (χ4n) is 6.41. The average molecular weight is 609 g/mol. The topological polar surface area (TPSA) is 128 Å². The van der Waals surface area contributed by atoms with E-state index >= 15 is 0 Å². The molecular weight excluding hydrogens is 568 g/mol. The fraction of sp³-hybridized carbons (Fsp3) is 0.500. The number of rotatable bonds is 9. The average Bonchev–Trinajstić information content (AvgIpc) is 3.48. The van der Waals surface area contributed by atoms with Crippen LogP contribution in [0.3, 0.4) is 0 Å². The molecule has 11 heteroatoms. The Hall–Kier alpha value is -3.47. The molecule has 0 aliphatic carbocycles. The first-order valence-electron chi connectivity index (χ1n) is 15.2. The molecule has 3 atom stereocenters. The maximum atomic E-state index is 13.7. The van der Waals surface area contributed by atoms with Gasteiger partial charge >= 0.3 is 0 Å². The Morgan fingerprint density at radius 1 is 1.02 bits per heavy atom. The van der Waals surface area contributed by atoms with Crippen molar-refractivity contribution in [2.24, 2.45) is 5.73 Å². The first-order valence-corrected chi connectivity index (χ1v) is 15.6. The maximum absolute atomic E-state index is 13.7. The number of halogens is 1. The van der Waals surface area contributed by atoms with E-state index in [-0.39, 0.29) is 44.2 Å². The van der Waals surface area contributed by atoms with Gasteiger partial charge in [0, 0.05) is 62.2 Å². The molecule has 4 amide bonds. The molecule has 0 unspecified atom stereocenters. The molecular formula is C32H41ClN6O4. The minimum Gasteiger partial charge on any atom is -0.342 e. The minimum atomic E-state index is -0.890. The minimum absolute atomic E-state index is 0.0181. The van der Waals surface area contributed by atoms with Crippen LogP contribution in [0.2, 0.25) is 5.02 Å². The second-order valence-electron chi connectivity index (χ2n) is 11.8. The molecule has 0 bridgehead atoms. The van der Waals surface area contributed by atoms with Crippen LogP contribution in [0.4, 0.5) is 5.69 Å². The number of hydrogen-bond donors (Lipinski definition) is 3. The molecule has 3 aliphatic heterocycles. The largest absolute Gasteiger partial charge is 0.342 e. The highest BCUT2D eigenvalue weighted by molar-refractivity contribution is 6.31. The lowest BCUT2D eigenvalue weighted by molar-refractivity contribution is -0.144. The Morgan fingerprint density at radius 3 is 2.56 bits per heavy atom. The predicted molar refractivity (Wildman–Crippen MR) is 165 cm³/mol. The molecule has 0 spiro atoms. The molecule has 3 heterocycles. The van der Waals surface area contributed by atoms with Crippen LogP contribution in [-0.4, -0.2) is 89.2 Å². The van der Waals surface area contributed by atoms with Gasteiger partial charge in [-0.15, -0.1) is 0 Å². The van der Waals surface area contributed by atoms with Crippen molar-refractivity contribution in [1.29, 1.82) is 0 Å². The Balaban J connectivity index is 1.25. The van der Waals surface area contributed by atoms with Crippen molar-refractivity contribution in [2.45, 2.75) is 70.1 Å². The summed E-state index contributed by atoms with van der Waals surface area (Å²) in [4.78, 5) is 59.5. The monoisotopic (exact) mass is 608 g/mol. The molecule has 0 aromatic heterocycles. The highest BCUT2D eigenvalue weighted by Gasteiger charge is 2.37. The zero-order valence-corrected chi connectivity index (χ0v) is 25.4. The van der Waals surface area contributed by atoms with Crippen molar-refractivity contribution in [3.8, 4) is 0 Å². The third-order valence-corrected chi connectivity index (χ3v) is 9.30. The van der Waals surface area contributed by atoms with Gasteiger partial charge in [-0.1, -0.05) is 35.9 Å². The van der Waals surface area contributed by atoms with Crippen molar-refractivity contribution in [1.82, 2.24) is 20.0 Å². The van der Waals surface area contributed by atoms with Crippen molar-refractivity contribution in [3.63, 3.8) is 0 Å². The SMILES string of the molecule is Cc1cc(NC(=O)[C@H](CCN)NC(=O)[C@@H]2Cc3ccccc3CN2C(=O)CCC(=O)N2CCN3CCC[C@@H]3C2)ccc1Cl. The second kappa shape index (κ2) is 13.9. The normalized spacial score (nSPS) is 20.6. The highest BCUT2D eigenvalue weighted by atomic mass is 35.5. The smallest absolute Gasteiger partial charge is 0.246 e. The third-order valence-electron chi connectivity index (χ3n) is 8.88. The van der Waals surface area contributed by atoms with E-state index in [1.54, 1.807) is 23.1 Å². The highest BCUT2D eigenvalue weighted by Crippen LogP contribution is 2.26. The lowest BCUT2D eigenvalue weighted by Gasteiger charge is -2.38. The van der Waals surface area contributed by atoms with Gasteiger partial charge in [0.05, 0.1) is 0 Å². The lowest BCUT2D eigenvalue weighted by atomic mass is 9.92. The van der Waals surface area contributed by atoms with E-state index in [0.29, 0.717) is 29.7 Å². The van der Waals surface area contributed by atoms with Crippen LogP contribution < -0.4 is 16.4 Å². The lowest BCUT2D eigenvalue weighted by Crippen LogP contribution is -2.56. The summed E-state index contributed by atoms with van der Waals surface area (Å²) in [5.74, 6) is -1.09. The number of carbonyl (C=O) groups is 4. The number of nitrogens with zero attached hydrogens (tertiary/aromatic N) is 3. The van der Waals surface area contributed by atoms with E-state index in [4.69, 9.17) is 17.3 Å². The summed E-state index contributed by atoms with van der Waals surface area (Å²) in [5, 5.41) is 6.28. The molecule has 2 aromatic carbocycles. The Kier molecular flexibility index (Phi) is 10.00. The predicted octanol–water partition coefficient (Wildman–Crippen LogP) is 2.46. The first-order chi connectivity index (χ1) is 20.7. The molecule has 4 N–H and O–H groups in total. The molecule has 2 saturated heterocycles. The molecule has 5 rings (SSSR count). The van der Waals surface area contributed by atoms with Crippen molar-refractivity contribution in [2.75, 3.05) is 38.0 Å². The zero-order valence-electron chi connectivity index (χ0n) is 24.7. The van der Waals surface area contributed by atoms with E-state index in [0.717, 1.165) is 42.7 Å². The summed E-state index contributed by atoms with van der Waals surface area (Å²) in [7, 11) is 0. The summed E-state index contributed by atoms with van der Waals surface area (Å²) in [6.45, 7) is 5.67. The number of nitrogens with one attached hydrogen (secondary N) is 2. The Labute approximate surface area is 257 Å². The van der Waals surface area contributed by atoms with E-state index in [1.807, 2.05) is 36.1 Å². The number of hydrogen-bond acceptors (Lipinski definition) is 6. The number of piperazine rings is 1. The molecule has 3 aliphatic rings. The number of nitrogens with two attached hydrogens (primary N) is 1.